The highest BCUT2D eigenvalue weighted by Crippen LogP contribution is 2.24. The van der Waals surface area contributed by atoms with Crippen LogP contribution in [0.3, 0.4) is 0 Å². The van der Waals surface area contributed by atoms with Crippen molar-refractivity contribution < 1.29 is 14.6 Å². The van der Waals surface area contributed by atoms with Gasteiger partial charge in [0.1, 0.15) is 6.33 Å². The number of amides is 1. The number of aromatic nitrogens is 2. The van der Waals surface area contributed by atoms with Crippen LogP contribution in [-0.2, 0) is 4.74 Å². The van der Waals surface area contributed by atoms with Gasteiger partial charge in [-0.25, -0.2) is 9.97 Å². The second-order valence-corrected chi connectivity index (χ2v) is 6.40. The Morgan fingerprint density at radius 2 is 2.13 bits per heavy atom. The van der Waals surface area contributed by atoms with Crippen LogP contribution < -0.4 is 5.32 Å². The molecule has 126 valence electrons. The van der Waals surface area contributed by atoms with Crippen molar-refractivity contribution in [3.8, 4) is 0 Å². The van der Waals surface area contributed by atoms with Gasteiger partial charge in [-0.15, -0.1) is 0 Å². The number of aliphatic hydroxyl groups is 1. The van der Waals surface area contributed by atoms with Gasteiger partial charge in [-0.1, -0.05) is 0 Å². The van der Waals surface area contributed by atoms with Gasteiger partial charge in [-0.3, -0.25) is 9.69 Å². The molecular formula is C16H24N4O3. The van der Waals surface area contributed by atoms with E-state index in [9.17, 15) is 4.79 Å². The third kappa shape index (κ3) is 3.52. The Morgan fingerprint density at radius 1 is 1.39 bits per heavy atom. The van der Waals surface area contributed by atoms with E-state index in [1.54, 1.807) is 0 Å². The molecule has 2 aliphatic heterocycles. The fraction of sp³-hybridized carbons (Fsp3) is 0.688. The maximum atomic E-state index is 12.5. The fourth-order valence-corrected chi connectivity index (χ4v) is 3.54. The number of hydrogen-bond donors (Lipinski definition) is 2. The summed E-state index contributed by atoms with van der Waals surface area (Å²) >= 11 is 0. The first-order valence-electron chi connectivity index (χ1n) is 8.14. The molecule has 1 aromatic heterocycles. The molecule has 2 aliphatic rings. The summed E-state index contributed by atoms with van der Waals surface area (Å²) in [5.74, 6) is -0.0988. The summed E-state index contributed by atoms with van der Waals surface area (Å²) in [6.45, 7) is 6.13. The summed E-state index contributed by atoms with van der Waals surface area (Å²) in [6.07, 6.45) is 3.14. The number of fused-ring (bicyclic) bond motifs is 1. The lowest BCUT2D eigenvalue weighted by Gasteiger charge is -2.34. The van der Waals surface area contributed by atoms with Crippen LogP contribution in [0.5, 0.6) is 0 Å². The SMILES string of the molecule is Cc1ncnc(C)c1C(=O)N[C@@H]1C[C@H]2CO[C@@H](CCO)CN2C1. The largest absolute Gasteiger partial charge is 0.396 e. The maximum Gasteiger partial charge on any atom is 0.255 e. The first-order valence-corrected chi connectivity index (χ1v) is 8.14. The van der Waals surface area contributed by atoms with Gasteiger partial charge in [0.25, 0.3) is 5.91 Å². The molecule has 3 atom stereocenters. The minimum Gasteiger partial charge on any atom is -0.396 e. The summed E-state index contributed by atoms with van der Waals surface area (Å²) in [5, 5.41) is 12.2. The van der Waals surface area contributed by atoms with E-state index in [1.165, 1.54) is 6.33 Å². The lowest BCUT2D eigenvalue weighted by atomic mass is 10.1. The van der Waals surface area contributed by atoms with Crippen molar-refractivity contribution in [2.24, 2.45) is 0 Å². The number of carbonyl (C=O) groups excluding carboxylic acids is 1. The number of aryl methyl sites for hydroxylation is 2. The second kappa shape index (κ2) is 6.90. The number of hydrogen-bond acceptors (Lipinski definition) is 6. The Morgan fingerprint density at radius 3 is 2.83 bits per heavy atom. The molecule has 2 saturated heterocycles. The summed E-state index contributed by atoms with van der Waals surface area (Å²) in [4.78, 5) is 23.1. The lowest BCUT2D eigenvalue weighted by molar-refractivity contribution is -0.0566. The Hall–Kier alpha value is -1.57. The van der Waals surface area contributed by atoms with E-state index >= 15 is 0 Å². The third-order valence-electron chi connectivity index (χ3n) is 4.73. The normalized spacial score (nSPS) is 27.7. The number of ether oxygens (including phenoxy) is 1. The first kappa shape index (κ1) is 16.3. The minimum atomic E-state index is -0.0988. The topological polar surface area (TPSA) is 87.6 Å². The number of aliphatic hydroxyl groups excluding tert-OH is 1. The van der Waals surface area contributed by atoms with Crippen LogP contribution in [0.15, 0.2) is 6.33 Å². The standard InChI is InChI=1S/C16H24N4O3/c1-10-15(11(2)18-9-17-10)16(22)19-12-5-13-8-23-14(3-4-21)7-20(13)6-12/h9,12-14,21H,3-8H2,1-2H3,(H,19,22)/t12-,13+,14+/m1/s1. The first-order chi connectivity index (χ1) is 11.1. The lowest BCUT2D eigenvalue weighted by Crippen LogP contribution is -2.46. The summed E-state index contributed by atoms with van der Waals surface area (Å²) in [5.41, 5.74) is 1.99. The van der Waals surface area contributed by atoms with Crippen molar-refractivity contribution >= 4 is 5.91 Å². The maximum absolute atomic E-state index is 12.5. The van der Waals surface area contributed by atoms with Gasteiger partial charge in [-0.2, -0.15) is 0 Å². The molecule has 0 spiro atoms. The van der Waals surface area contributed by atoms with Crippen molar-refractivity contribution in [3.63, 3.8) is 0 Å². The molecule has 2 N–H and O–H groups in total. The molecule has 0 aromatic carbocycles. The molecule has 1 aromatic rings. The zero-order valence-corrected chi connectivity index (χ0v) is 13.7. The van der Waals surface area contributed by atoms with Crippen LogP contribution in [0.2, 0.25) is 0 Å². The van der Waals surface area contributed by atoms with Crippen LogP contribution in [0, 0.1) is 13.8 Å². The van der Waals surface area contributed by atoms with Gasteiger partial charge < -0.3 is 15.2 Å². The molecule has 3 heterocycles. The highest BCUT2D eigenvalue weighted by molar-refractivity contribution is 5.96. The molecule has 0 saturated carbocycles. The third-order valence-corrected chi connectivity index (χ3v) is 4.73. The number of nitrogens with one attached hydrogen (secondary N) is 1. The van der Waals surface area contributed by atoms with Gasteiger partial charge in [0.05, 0.1) is 29.7 Å². The zero-order valence-electron chi connectivity index (χ0n) is 13.7. The Kier molecular flexibility index (Phi) is 4.89. The quantitative estimate of drug-likeness (QED) is 0.815. The Bertz CT molecular complexity index is 560. The number of morpholine rings is 1. The van der Waals surface area contributed by atoms with Crippen LogP contribution >= 0.6 is 0 Å². The molecule has 0 aliphatic carbocycles. The van der Waals surface area contributed by atoms with Crippen molar-refractivity contribution in [2.45, 2.75) is 44.9 Å². The molecule has 23 heavy (non-hydrogen) atoms. The van der Waals surface area contributed by atoms with Gasteiger partial charge in [0, 0.05) is 31.8 Å². The predicted octanol–water partition coefficient (Wildman–Crippen LogP) is 0.0473. The monoisotopic (exact) mass is 320 g/mol. The zero-order chi connectivity index (χ0) is 16.4. The van der Waals surface area contributed by atoms with Crippen LogP contribution in [0.4, 0.5) is 0 Å². The molecule has 3 rings (SSSR count). The summed E-state index contributed by atoms with van der Waals surface area (Å²) < 4.78 is 5.77. The molecule has 1 amide bonds. The molecule has 2 fully saturated rings. The van der Waals surface area contributed by atoms with Gasteiger partial charge in [0.2, 0.25) is 0 Å². The molecule has 0 bridgehead atoms. The number of carbonyl (C=O) groups is 1. The highest BCUT2D eigenvalue weighted by atomic mass is 16.5. The van der Waals surface area contributed by atoms with E-state index in [-0.39, 0.29) is 24.7 Å². The van der Waals surface area contributed by atoms with Gasteiger partial charge in [-0.05, 0) is 26.7 Å². The van der Waals surface area contributed by atoms with Crippen molar-refractivity contribution in [1.82, 2.24) is 20.2 Å². The van der Waals surface area contributed by atoms with Crippen LogP contribution in [-0.4, -0.2) is 70.4 Å². The molecule has 7 nitrogen and oxygen atoms in total. The highest BCUT2D eigenvalue weighted by Gasteiger charge is 2.38. The second-order valence-electron chi connectivity index (χ2n) is 6.40. The molecule has 0 radical (unpaired) electrons. The minimum absolute atomic E-state index is 0.0951. The van der Waals surface area contributed by atoms with Crippen molar-refractivity contribution in [1.29, 1.82) is 0 Å². The average Bonchev–Trinajstić information content (AvgIpc) is 2.88. The van der Waals surface area contributed by atoms with E-state index < -0.39 is 0 Å². The average molecular weight is 320 g/mol. The van der Waals surface area contributed by atoms with E-state index in [4.69, 9.17) is 9.84 Å². The molecule has 7 heteroatoms. The number of nitrogens with zero attached hydrogens (tertiary/aromatic N) is 3. The number of rotatable bonds is 4. The van der Waals surface area contributed by atoms with Crippen LogP contribution in [0.1, 0.15) is 34.6 Å². The van der Waals surface area contributed by atoms with E-state index in [0.717, 1.165) is 19.5 Å². The Labute approximate surface area is 136 Å². The van der Waals surface area contributed by atoms with Gasteiger partial charge >= 0.3 is 0 Å². The predicted molar refractivity (Wildman–Crippen MR) is 84.2 cm³/mol. The van der Waals surface area contributed by atoms with E-state index in [0.29, 0.717) is 36.0 Å². The summed E-state index contributed by atoms with van der Waals surface area (Å²) in [7, 11) is 0. The van der Waals surface area contributed by atoms with E-state index in [2.05, 4.69) is 20.2 Å². The van der Waals surface area contributed by atoms with Crippen molar-refractivity contribution in [3.05, 3.63) is 23.3 Å². The molecule has 0 unspecified atom stereocenters. The van der Waals surface area contributed by atoms with Gasteiger partial charge in [0.15, 0.2) is 0 Å². The molecular weight excluding hydrogens is 296 g/mol. The fourth-order valence-electron chi connectivity index (χ4n) is 3.54. The summed E-state index contributed by atoms with van der Waals surface area (Å²) in [6, 6.07) is 0.465. The van der Waals surface area contributed by atoms with Crippen LogP contribution in [0.25, 0.3) is 0 Å². The van der Waals surface area contributed by atoms with Crippen molar-refractivity contribution in [2.75, 3.05) is 26.3 Å². The van der Waals surface area contributed by atoms with E-state index in [1.807, 2.05) is 13.8 Å². The Balaban J connectivity index is 1.61. The smallest absolute Gasteiger partial charge is 0.255 e.